The molecule has 2 aromatic heterocycles. The number of pyridine rings is 1. The van der Waals surface area contributed by atoms with Crippen LogP contribution in [0.5, 0.6) is 0 Å². The molecule has 2 aromatic rings. The van der Waals surface area contributed by atoms with Crippen LogP contribution >= 0.6 is 11.6 Å². The van der Waals surface area contributed by atoms with Crippen LogP contribution in [0.2, 0.25) is 0 Å². The van der Waals surface area contributed by atoms with E-state index in [1.165, 1.54) is 0 Å². The first-order valence-electron chi connectivity index (χ1n) is 14.2. The molecule has 0 spiro atoms. The molecule has 2 aliphatic heterocycles. The van der Waals surface area contributed by atoms with Gasteiger partial charge in [0.1, 0.15) is 5.82 Å². The number of hydrogen-bond acceptors (Lipinski definition) is 7. The molecule has 2 fully saturated rings. The predicted octanol–water partition coefficient (Wildman–Crippen LogP) is 4.26. The average molecular weight is 616 g/mol. The molecule has 5 rings (SSSR count). The van der Waals surface area contributed by atoms with Gasteiger partial charge in [0.15, 0.2) is 0 Å². The molecule has 4 atom stereocenters. The van der Waals surface area contributed by atoms with Crippen LogP contribution < -0.4 is 10.2 Å². The van der Waals surface area contributed by atoms with Crippen LogP contribution in [0, 0.1) is 0 Å². The summed E-state index contributed by atoms with van der Waals surface area (Å²) in [6.45, 7) is 1.76. The Bertz CT molecular complexity index is 1250. The Kier molecular flexibility index (Phi) is 8.92. The Morgan fingerprint density at radius 2 is 1.83 bits per heavy atom. The number of aromatic nitrogens is 3. The van der Waals surface area contributed by atoms with Gasteiger partial charge in [-0.1, -0.05) is 6.07 Å². The Morgan fingerprint density at radius 1 is 1.14 bits per heavy atom. The maximum Gasteiger partial charge on any atom is 0.451 e. The second-order valence-corrected chi connectivity index (χ2v) is 12.1. The highest BCUT2D eigenvalue weighted by Crippen LogP contribution is 2.37. The van der Waals surface area contributed by atoms with Crippen LogP contribution in [0.3, 0.4) is 0 Å². The van der Waals surface area contributed by atoms with Crippen molar-refractivity contribution in [1.29, 1.82) is 0 Å². The molecule has 4 heterocycles. The molecule has 1 amide bonds. The van der Waals surface area contributed by atoms with Crippen molar-refractivity contribution in [1.82, 2.24) is 30.1 Å². The number of aryl methyl sites for hydroxylation is 1. The van der Waals surface area contributed by atoms with E-state index in [1.807, 2.05) is 12.1 Å². The fraction of sp³-hybridized carbons (Fsp3) is 0.643. The summed E-state index contributed by atoms with van der Waals surface area (Å²) in [6, 6.07) is 3.59. The lowest BCUT2D eigenvalue weighted by atomic mass is 9.84. The summed E-state index contributed by atoms with van der Waals surface area (Å²) in [5.74, 6) is -4.26. The van der Waals surface area contributed by atoms with Crippen LogP contribution in [0.15, 0.2) is 24.5 Å². The molecule has 42 heavy (non-hydrogen) atoms. The van der Waals surface area contributed by atoms with Crippen LogP contribution in [-0.2, 0) is 17.4 Å². The number of nitrogens with zero attached hydrogens (tertiary/aromatic N) is 6. The van der Waals surface area contributed by atoms with Gasteiger partial charge in [-0.05, 0) is 45.0 Å². The number of halogens is 6. The molecule has 3 aliphatic rings. The maximum atomic E-state index is 13.9. The number of rotatable bonds is 7. The van der Waals surface area contributed by atoms with Crippen molar-refractivity contribution in [2.75, 3.05) is 51.7 Å². The summed E-state index contributed by atoms with van der Waals surface area (Å²) in [5.41, 5.74) is 1.87. The summed E-state index contributed by atoms with van der Waals surface area (Å²) >= 11 is 6.67. The van der Waals surface area contributed by atoms with Crippen molar-refractivity contribution in [2.45, 2.75) is 67.6 Å². The number of fused-ring (bicyclic) bond motifs is 1. The van der Waals surface area contributed by atoms with Gasteiger partial charge in [-0.15, -0.1) is 11.6 Å². The number of likely N-dealkylation sites (tertiary alicyclic amines) is 1. The van der Waals surface area contributed by atoms with Gasteiger partial charge in [0.2, 0.25) is 11.7 Å². The van der Waals surface area contributed by atoms with Gasteiger partial charge in [0.25, 0.3) is 5.92 Å². The molecule has 14 heteroatoms. The normalized spacial score (nSPS) is 25.4. The van der Waals surface area contributed by atoms with Crippen molar-refractivity contribution < 1.29 is 26.7 Å². The lowest BCUT2D eigenvalue weighted by Gasteiger charge is -2.38. The Morgan fingerprint density at radius 3 is 2.45 bits per heavy atom. The smallest absolute Gasteiger partial charge is 0.355 e. The number of alkyl halides is 6. The van der Waals surface area contributed by atoms with Gasteiger partial charge in [-0.25, -0.2) is 23.7 Å². The molecule has 2 saturated heterocycles. The molecular weight excluding hydrogens is 581 g/mol. The Labute approximate surface area is 246 Å². The highest BCUT2D eigenvalue weighted by Gasteiger charge is 2.40. The van der Waals surface area contributed by atoms with Crippen molar-refractivity contribution in [3.8, 4) is 0 Å². The van der Waals surface area contributed by atoms with Crippen molar-refractivity contribution in [3.63, 3.8) is 0 Å². The number of carbonyl (C=O) groups is 1. The predicted molar refractivity (Wildman–Crippen MR) is 148 cm³/mol. The molecule has 0 aromatic carbocycles. The van der Waals surface area contributed by atoms with E-state index in [0.717, 1.165) is 49.0 Å². The molecule has 0 bridgehead atoms. The fourth-order valence-electron chi connectivity index (χ4n) is 6.06. The highest BCUT2D eigenvalue weighted by atomic mass is 35.5. The second kappa shape index (κ2) is 12.2. The maximum absolute atomic E-state index is 13.9. The third kappa shape index (κ3) is 6.78. The number of likely N-dealkylation sites (N-methyl/N-ethyl adjacent to an activating group) is 1. The van der Waals surface area contributed by atoms with Crippen LogP contribution in [0.1, 0.15) is 60.3 Å². The van der Waals surface area contributed by atoms with Crippen molar-refractivity contribution in [3.05, 3.63) is 47.2 Å². The highest BCUT2D eigenvalue weighted by molar-refractivity contribution is 6.23. The molecule has 0 saturated carbocycles. The molecule has 230 valence electrons. The quantitative estimate of drug-likeness (QED) is 0.369. The van der Waals surface area contributed by atoms with Crippen LogP contribution in [-0.4, -0.2) is 94.8 Å². The third-order valence-corrected chi connectivity index (χ3v) is 9.07. The monoisotopic (exact) mass is 615 g/mol. The lowest BCUT2D eigenvalue weighted by molar-refractivity contribution is -0.145. The molecule has 0 radical (unpaired) electrons. The first-order chi connectivity index (χ1) is 19.8. The molecule has 8 nitrogen and oxygen atoms in total. The van der Waals surface area contributed by atoms with E-state index < -0.39 is 35.3 Å². The fourth-order valence-corrected chi connectivity index (χ4v) is 6.42. The van der Waals surface area contributed by atoms with Gasteiger partial charge >= 0.3 is 6.18 Å². The second-order valence-electron chi connectivity index (χ2n) is 11.6. The molecule has 1 N–H and O–H groups in total. The number of anilines is 1. The number of nitrogens with one attached hydrogen (secondary N) is 1. The molecule has 3 unspecified atom stereocenters. The van der Waals surface area contributed by atoms with Crippen molar-refractivity contribution >= 4 is 23.3 Å². The zero-order chi connectivity index (χ0) is 30.2. The van der Waals surface area contributed by atoms with E-state index in [1.54, 1.807) is 4.90 Å². The molecular formula is C28H35ClF5N7O. The average Bonchev–Trinajstić information content (AvgIpc) is 3.44. The number of hydrogen-bond donors (Lipinski definition) is 1. The van der Waals surface area contributed by atoms with Crippen LogP contribution in [0.25, 0.3) is 0 Å². The summed E-state index contributed by atoms with van der Waals surface area (Å²) < 4.78 is 66.9. The summed E-state index contributed by atoms with van der Waals surface area (Å²) in [4.78, 5) is 31.5. The van der Waals surface area contributed by atoms with E-state index in [9.17, 15) is 26.7 Å². The zero-order valence-electron chi connectivity index (χ0n) is 23.5. The van der Waals surface area contributed by atoms with Crippen LogP contribution in [0.4, 0.5) is 27.8 Å². The summed E-state index contributed by atoms with van der Waals surface area (Å²) in [7, 11) is 4.13. The lowest BCUT2D eigenvalue weighted by Crippen LogP contribution is -2.46. The summed E-state index contributed by atoms with van der Waals surface area (Å²) in [5, 5.41) is 2.42. The third-order valence-electron chi connectivity index (χ3n) is 8.60. The Balaban J connectivity index is 1.32. The minimum atomic E-state index is -4.71. The standard InChI is InChI=1S/C28H35ClF5N7O/c1-39(2)18-7-10-41(16-18)23-6-3-19-21(38-23)5-4-20(29)24(19)25(42)35-15-22(40-11-8-27(30,31)9-12-40)17-13-36-26(37-14-17)28(32,33)34/h3,6,13-14,18,20,22,24H,4-5,7-12,15-16H2,1-2H3,(H,35,42)/t18-,20?,22?,24?/m0/s1. The van der Waals surface area contributed by atoms with E-state index in [4.69, 9.17) is 16.6 Å². The van der Waals surface area contributed by atoms with Gasteiger partial charge in [0.05, 0.1) is 12.0 Å². The first-order valence-corrected chi connectivity index (χ1v) is 14.6. The molecule has 1 aliphatic carbocycles. The van der Waals surface area contributed by atoms with E-state index in [-0.39, 0.29) is 38.4 Å². The topological polar surface area (TPSA) is 77.5 Å². The largest absolute Gasteiger partial charge is 0.451 e. The zero-order valence-corrected chi connectivity index (χ0v) is 24.3. The van der Waals surface area contributed by atoms with E-state index in [0.29, 0.717) is 24.4 Å². The van der Waals surface area contributed by atoms with Gasteiger partial charge in [0, 0.05) is 80.6 Å². The number of piperidine rings is 1. The van der Waals surface area contributed by atoms with Gasteiger partial charge in [-0.3, -0.25) is 9.69 Å². The summed E-state index contributed by atoms with van der Waals surface area (Å²) in [6.07, 6.45) is -1.16. The van der Waals surface area contributed by atoms with E-state index in [2.05, 4.69) is 39.2 Å². The van der Waals surface area contributed by atoms with Crippen molar-refractivity contribution in [2.24, 2.45) is 0 Å². The Hall–Kier alpha value is -2.64. The first kappa shape index (κ1) is 30.8. The minimum absolute atomic E-state index is 0.0107. The minimum Gasteiger partial charge on any atom is -0.355 e. The van der Waals surface area contributed by atoms with Gasteiger partial charge in [-0.2, -0.15) is 13.2 Å². The number of carbonyl (C=O) groups excluding carboxylic acids is 1. The van der Waals surface area contributed by atoms with Gasteiger partial charge < -0.3 is 15.1 Å². The number of amides is 1. The van der Waals surface area contributed by atoms with E-state index >= 15 is 0 Å². The SMILES string of the molecule is CN(C)[C@H]1CCN(c2ccc3c(n2)CCC(Cl)C3C(=O)NCC(c2cnc(C(F)(F)F)nc2)N2CCC(F)(F)CC2)C1.